The molecular weight excluding hydrogens is 280 g/mol. The summed E-state index contributed by atoms with van der Waals surface area (Å²) in [6, 6.07) is 5.79. The van der Waals surface area contributed by atoms with E-state index in [4.69, 9.17) is 5.26 Å². The van der Waals surface area contributed by atoms with Gasteiger partial charge >= 0.3 is 0 Å². The van der Waals surface area contributed by atoms with Gasteiger partial charge in [0.1, 0.15) is 18.9 Å². The van der Waals surface area contributed by atoms with Gasteiger partial charge in [-0.15, -0.1) is 5.10 Å². The number of aromatic nitrogens is 4. The molecule has 22 heavy (non-hydrogen) atoms. The molecule has 7 heteroatoms. The Bertz CT molecular complexity index is 704. The molecule has 2 aromatic rings. The maximum atomic E-state index is 12.6. The third kappa shape index (κ3) is 2.81. The molecular formula is C15H16N6O. The van der Waals surface area contributed by atoms with E-state index in [1.807, 2.05) is 29.3 Å². The molecule has 0 radical (unpaired) electrons. The van der Waals surface area contributed by atoms with E-state index in [1.54, 1.807) is 6.20 Å². The van der Waals surface area contributed by atoms with E-state index < -0.39 is 0 Å². The third-order valence-corrected chi connectivity index (χ3v) is 3.83. The van der Waals surface area contributed by atoms with Crippen LogP contribution in [0.4, 0.5) is 0 Å². The topological polar surface area (TPSA) is 87.7 Å². The zero-order valence-electron chi connectivity index (χ0n) is 12.3. The molecule has 3 rings (SSSR count). The minimum absolute atomic E-state index is 0.0207. The molecule has 112 valence electrons. The summed E-state index contributed by atoms with van der Waals surface area (Å²) in [5.41, 5.74) is 1.05. The molecule has 2 unspecified atom stereocenters. The predicted molar refractivity (Wildman–Crippen MR) is 77.2 cm³/mol. The monoisotopic (exact) mass is 296 g/mol. The Hall–Kier alpha value is -2.75. The van der Waals surface area contributed by atoms with Gasteiger partial charge in [-0.25, -0.2) is 9.67 Å². The number of rotatable bonds is 3. The second kappa shape index (κ2) is 5.93. The van der Waals surface area contributed by atoms with Crippen LogP contribution >= 0.6 is 0 Å². The van der Waals surface area contributed by atoms with Crippen LogP contribution in [0.2, 0.25) is 0 Å². The number of carbonyl (C=O) groups is 1. The van der Waals surface area contributed by atoms with Crippen molar-refractivity contribution in [1.82, 2.24) is 24.6 Å². The lowest BCUT2D eigenvalue weighted by atomic mass is 10.0. The molecule has 1 aliphatic heterocycles. The second-order valence-corrected chi connectivity index (χ2v) is 5.57. The van der Waals surface area contributed by atoms with Crippen molar-refractivity contribution in [2.75, 3.05) is 6.54 Å². The molecule has 1 fully saturated rings. The van der Waals surface area contributed by atoms with Crippen LogP contribution in [0.15, 0.2) is 30.9 Å². The molecule has 0 aromatic carbocycles. The first kappa shape index (κ1) is 14.2. The van der Waals surface area contributed by atoms with Crippen molar-refractivity contribution < 1.29 is 4.79 Å². The van der Waals surface area contributed by atoms with Crippen LogP contribution in [0.25, 0.3) is 0 Å². The minimum Gasteiger partial charge on any atom is -0.334 e. The molecule has 0 N–H and O–H groups in total. The van der Waals surface area contributed by atoms with Crippen molar-refractivity contribution in [3.05, 3.63) is 42.2 Å². The van der Waals surface area contributed by atoms with E-state index in [1.165, 1.54) is 11.0 Å². The third-order valence-electron chi connectivity index (χ3n) is 3.83. The van der Waals surface area contributed by atoms with E-state index in [2.05, 4.69) is 22.0 Å². The molecule has 0 bridgehead atoms. The maximum absolute atomic E-state index is 12.6. The Morgan fingerprint density at radius 2 is 2.41 bits per heavy atom. The lowest BCUT2D eigenvalue weighted by Gasteiger charge is -2.24. The minimum atomic E-state index is -0.0207. The van der Waals surface area contributed by atoms with E-state index in [0.29, 0.717) is 5.92 Å². The van der Waals surface area contributed by atoms with Gasteiger partial charge in [0.05, 0.1) is 6.04 Å². The van der Waals surface area contributed by atoms with E-state index in [9.17, 15) is 4.79 Å². The molecule has 0 aliphatic carbocycles. The first-order valence-electron chi connectivity index (χ1n) is 7.16. The fourth-order valence-corrected chi connectivity index (χ4v) is 2.86. The number of carbonyl (C=O) groups excluding carboxylic acids is 1. The smallest absolute Gasteiger partial charge is 0.252 e. The van der Waals surface area contributed by atoms with Crippen LogP contribution in [0.5, 0.6) is 0 Å². The molecule has 2 atom stereocenters. The lowest BCUT2D eigenvalue weighted by molar-refractivity contribution is -0.133. The van der Waals surface area contributed by atoms with Crippen molar-refractivity contribution in [3.63, 3.8) is 0 Å². The van der Waals surface area contributed by atoms with E-state index in [0.717, 1.165) is 18.5 Å². The Morgan fingerprint density at radius 1 is 1.55 bits per heavy atom. The van der Waals surface area contributed by atoms with Gasteiger partial charge in [-0.05, 0) is 24.0 Å². The maximum Gasteiger partial charge on any atom is 0.252 e. The van der Waals surface area contributed by atoms with Crippen molar-refractivity contribution >= 4 is 5.91 Å². The molecule has 1 aliphatic rings. The highest BCUT2D eigenvalue weighted by molar-refractivity contribution is 5.76. The van der Waals surface area contributed by atoms with Crippen molar-refractivity contribution in [2.24, 2.45) is 5.92 Å². The van der Waals surface area contributed by atoms with Gasteiger partial charge < -0.3 is 4.90 Å². The van der Waals surface area contributed by atoms with E-state index >= 15 is 0 Å². The Kier molecular flexibility index (Phi) is 3.83. The highest BCUT2D eigenvalue weighted by Crippen LogP contribution is 2.34. The first-order valence-corrected chi connectivity index (χ1v) is 7.16. The number of amides is 1. The normalized spacial score (nSPS) is 20.8. The summed E-state index contributed by atoms with van der Waals surface area (Å²) in [5, 5.41) is 12.7. The Labute approximate surface area is 128 Å². The molecule has 0 saturated carbocycles. The van der Waals surface area contributed by atoms with Gasteiger partial charge in [0.2, 0.25) is 5.91 Å². The molecule has 2 aromatic heterocycles. The molecule has 0 spiro atoms. The van der Waals surface area contributed by atoms with Gasteiger partial charge in [0.25, 0.3) is 5.82 Å². The quantitative estimate of drug-likeness (QED) is 0.848. The fraction of sp³-hybridized carbons (Fsp3) is 0.400. The SMILES string of the molecule is CC1CC(c2cccnc2)N(C(=O)Cn2cnc(C#N)n2)C1. The number of nitrogens with zero attached hydrogens (tertiary/aromatic N) is 6. The largest absolute Gasteiger partial charge is 0.334 e. The summed E-state index contributed by atoms with van der Waals surface area (Å²) >= 11 is 0. The lowest BCUT2D eigenvalue weighted by Crippen LogP contribution is -2.34. The van der Waals surface area contributed by atoms with Gasteiger partial charge in [0, 0.05) is 18.9 Å². The summed E-state index contributed by atoms with van der Waals surface area (Å²) in [6.07, 6.45) is 5.88. The summed E-state index contributed by atoms with van der Waals surface area (Å²) < 4.78 is 1.41. The van der Waals surface area contributed by atoms with Gasteiger partial charge in [-0.2, -0.15) is 5.26 Å². The zero-order chi connectivity index (χ0) is 15.5. The first-order chi connectivity index (χ1) is 10.7. The number of hydrogen-bond donors (Lipinski definition) is 0. The number of pyridine rings is 1. The molecule has 7 nitrogen and oxygen atoms in total. The van der Waals surface area contributed by atoms with Crippen LogP contribution in [-0.4, -0.2) is 37.1 Å². The Balaban J connectivity index is 1.76. The highest BCUT2D eigenvalue weighted by Gasteiger charge is 2.34. The number of likely N-dealkylation sites (tertiary alicyclic amines) is 1. The van der Waals surface area contributed by atoms with Crippen molar-refractivity contribution in [3.8, 4) is 6.07 Å². The molecule has 1 saturated heterocycles. The van der Waals surface area contributed by atoms with Gasteiger partial charge in [-0.3, -0.25) is 9.78 Å². The number of nitriles is 1. The Morgan fingerprint density at radius 3 is 3.09 bits per heavy atom. The van der Waals surface area contributed by atoms with Crippen LogP contribution in [-0.2, 0) is 11.3 Å². The highest BCUT2D eigenvalue weighted by atomic mass is 16.2. The number of hydrogen-bond acceptors (Lipinski definition) is 5. The van der Waals surface area contributed by atoms with E-state index in [-0.39, 0.29) is 24.3 Å². The summed E-state index contributed by atoms with van der Waals surface area (Å²) in [5.74, 6) is 0.499. The van der Waals surface area contributed by atoms with Gasteiger partial charge in [-0.1, -0.05) is 13.0 Å². The zero-order valence-corrected chi connectivity index (χ0v) is 12.3. The van der Waals surface area contributed by atoms with Crippen LogP contribution in [0.3, 0.4) is 0 Å². The summed E-state index contributed by atoms with van der Waals surface area (Å²) in [4.78, 5) is 22.4. The predicted octanol–water partition coefficient (Wildman–Crippen LogP) is 1.15. The van der Waals surface area contributed by atoms with Crippen LogP contribution < -0.4 is 0 Å². The summed E-state index contributed by atoms with van der Waals surface area (Å²) in [6.45, 7) is 2.95. The molecule has 1 amide bonds. The van der Waals surface area contributed by atoms with Crippen molar-refractivity contribution in [1.29, 1.82) is 5.26 Å². The molecule has 3 heterocycles. The standard InChI is InChI=1S/C15H16N6O/c1-11-5-13(12-3-2-4-17-7-12)21(8-11)15(22)9-20-10-18-14(6-16)19-20/h2-4,7,10-11,13H,5,8-9H2,1H3. The average Bonchev–Trinajstić information content (AvgIpc) is 3.14. The second-order valence-electron chi connectivity index (χ2n) is 5.57. The van der Waals surface area contributed by atoms with Crippen LogP contribution in [0.1, 0.15) is 30.8 Å². The summed E-state index contributed by atoms with van der Waals surface area (Å²) in [7, 11) is 0. The van der Waals surface area contributed by atoms with Crippen molar-refractivity contribution in [2.45, 2.75) is 25.9 Å². The van der Waals surface area contributed by atoms with Crippen LogP contribution in [0, 0.1) is 17.2 Å². The van der Waals surface area contributed by atoms with Gasteiger partial charge in [0.15, 0.2) is 0 Å². The fourth-order valence-electron chi connectivity index (χ4n) is 2.86. The average molecular weight is 296 g/mol.